The van der Waals surface area contributed by atoms with E-state index in [-0.39, 0.29) is 5.25 Å². The zero-order valence-corrected chi connectivity index (χ0v) is 8.96. The van der Waals surface area contributed by atoms with Crippen LogP contribution in [0.15, 0.2) is 0 Å². The Morgan fingerprint density at radius 1 is 1.18 bits per heavy atom. The van der Waals surface area contributed by atoms with Crippen LogP contribution in [0.2, 0.25) is 0 Å². The molecule has 0 N–H and O–H groups in total. The summed E-state index contributed by atoms with van der Waals surface area (Å²) >= 11 is 0. The standard InChI is InChI=1S/C5H10O2S2.C2H6/c1-5-4-8(6)2-3-9(5)7;1-2/h5H,2-4H2,1H3;1-2H3. The van der Waals surface area contributed by atoms with Crippen molar-refractivity contribution in [1.82, 2.24) is 0 Å². The molecule has 0 radical (unpaired) electrons. The smallest absolute Gasteiger partial charge is 0.0435 e. The molecule has 1 saturated heterocycles. The maximum atomic E-state index is 10.9. The monoisotopic (exact) mass is 196 g/mol. The zero-order valence-electron chi connectivity index (χ0n) is 7.33. The largest absolute Gasteiger partial charge is 0.260 e. The molecule has 2 nitrogen and oxygen atoms in total. The first kappa shape index (κ1) is 11.3. The van der Waals surface area contributed by atoms with Crippen molar-refractivity contribution in [2.75, 3.05) is 17.3 Å². The molecule has 68 valence electrons. The fourth-order valence-electron chi connectivity index (χ4n) is 0.797. The van der Waals surface area contributed by atoms with Gasteiger partial charge in [-0.15, -0.1) is 0 Å². The number of rotatable bonds is 0. The third-order valence-electron chi connectivity index (χ3n) is 1.38. The van der Waals surface area contributed by atoms with Crippen LogP contribution in [0.5, 0.6) is 0 Å². The van der Waals surface area contributed by atoms with Crippen molar-refractivity contribution < 1.29 is 8.42 Å². The minimum atomic E-state index is -0.699. The van der Waals surface area contributed by atoms with Crippen LogP contribution in [-0.4, -0.2) is 30.9 Å². The van der Waals surface area contributed by atoms with Gasteiger partial charge in [0.2, 0.25) is 0 Å². The van der Waals surface area contributed by atoms with Gasteiger partial charge < -0.3 is 0 Å². The maximum Gasteiger partial charge on any atom is 0.0435 e. The minimum absolute atomic E-state index is 0.152. The van der Waals surface area contributed by atoms with Gasteiger partial charge in [-0.25, -0.2) is 0 Å². The topological polar surface area (TPSA) is 34.1 Å². The predicted molar refractivity (Wildman–Crippen MR) is 51.7 cm³/mol. The van der Waals surface area contributed by atoms with Gasteiger partial charge in [0.1, 0.15) is 0 Å². The maximum absolute atomic E-state index is 10.9. The summed E-state index contributed by atoms with van der Waals surface area (Å²) in [4.78, 5) is 0. The molecule has 1 aliphatic rings. The Bertz CT molecular complexity index is 157. The summed E-state index contributed by atoms with van der Waals surface area (Å²) in [6, 6.07) is 0. The van der Waals surface area contributed by atoms with Crippen molar-refractivity contribution in [2.24, 2.45) is 0 Å². The molecular weight excluding hydrogens is 180 g/mol. The highest BCUT2D eigenvalue weighted by Crippen LogP contribution is 2.05. The van der Waals surface area contributed by atoms with E-state index in [0.29, 0.717) is 17.3 Å². The average molecular weight is 196 g/mol. The molecule has 0 bridgehead atoms. The molecule has 4 heteroatoms. The van der Waals surface area contributed by atoms with Gasteiger partial charge in [0, 0.05) is 44.1 Å². The van der Waals surface area contributed by atoms with Gasteiger partial charge in [-0.05, 0) is 6.92 Å². The Morgan fingerprint density at radius 3 is 2.09 bits per heavy atom. The van der Waals surface area contributed by atoms with Crippen molar-refractivity contribution in [3.63, 3.8) is 0 Å². The first-order valence-electron chi connectivity index (χ1n) is 3.92. The fourth-order valence-corrected chi connectivity index (χ4v) is 4.35. The third kappa shape index (κ3) is 4.01. The molecule has 0 amide bonds. The second-order valence-corrected chi connectivity index (χ2v) is 5.80. The number of hydrogen-bond acceptors (Lipinski definition) is 2. The summed E-state index contributed by atoms with van der Waals surface area (Å²) in [5, 5.41) is 0.152. The second-order valence-electron chi connectivity index (χ2n) is 2.21. The van der Waals surface area contributed by atoms with E-state index in [2.05, 4.69) is 0 Å². The van der Waals surface area contributed by atoms with Gasteiger partial charge >= 0.3 is 0 Å². The van der Waals surface area contributed by atoms with Crippen molar-refractivity contribution in [2.45, 2.75) is 26.0 Å². The van der Waals surface area contributed by atoms with Crippen molar-refractivity contribution in [3.05, 3.63) is 0 Å². The highest BCUT2D eigenvalue weighted by atomic mass is 32.2. The first-order chi connectivity index (χ1) is 5.20. The van der Waals surface area contributed by atoms with Crippen LogP contribution in [0.4, 0.5) is 0 Å². The third-order valence-corrected chi connectivity index (χ3v) is 5.05. The zero-order chi connectivity index (χ0) is 8.85. The Labute approximate surface area is 73.7 Å². The van der Waals surface area contributed by atoms with Crippen molar-refractivity contribution >= 4 is 21.6 Å². The average Bonchev–Trinajstić information content (AvgIpc) is 2.02. The molecule has 1 aliphatic heterocycles. The van der Waals surface area contributed by atoms with E-state index in [1.54, 1.807) is 0 Å². The predicted octanol–water partition coefficient (Wildman–Crippen LogP) is 0.912. The summed E-state index contributed by atoms with van der Waals surface area (Å²) < 4.78 is 21.7. The van der Waals surface area contributed by atoms with Crippen molar-refractivity contribution in [3.8, 4) is 0 Å². The van der Waals surface area contributed by atoms with Crippen LogP contribution < -0.4 is 0 Å². The van der Waals surface area contributed by atoms with Crippen molar-refractivity contribution in [1.29, 1.82) is 0 Å². The lowest BCUT2D eigenvalue weighted by Gasteiger charge is -2.15. The van der Waals surface area contributed by atoms with E-state index in [1.807, 2.05) is 20.8 Å². The number of hydrogen-bond donors (Lipinski definition) is 0. The normalized spacial score (nSPS) is 37.2. The van der Waals surface area contributed by atoms with E-state index in [4.69, 9.17) is 0 Å². The van der Waals surface area contributed by atoms with Gasteiger partial charge in [-0.3, -0.25) is 8.42 Å². The molecule has 3 atom stereocenters. The molecule has 0 aromatic rings. The molecule has 0 aromatic heterocycles. The summed E-state index contributed by atoms with van der Waals surface area (Å²) in [5.74, 6) is 1.90. The molecule has 1 rings (SSSR count). The Balaban J connectivity index is 0.000000461. The highest BCUT2D eigenvalue weighted by Gasteiger charge is 2.20. The van der Waals surface area contributed by atoms with E-state index in [0.717, 1.165) is 0 Å². The summed E-state index contributed by atoms with van der Waals surface area (Å²) in [6.45, 7) is 5.90. The Kier molecular flexibility index (Phi) is 6.05. The first-order valence-corrected chi connectivity index (χ1v) is 6.79. The summed E-state index contributed by atoms with van der Waals surface area (Å²) in [7, 11) is -1.38. The summed E-state index contributed by atoms with van der Waals surface area (Å²) in [6.07, 6.45) is 0. The Morgan fingerprint density at radius 2 is 1.73 bits per heavy atom. The molecule has 11 heavy (non-hydrogen) atoms. The van der Waals surface area contributed by atoms with Crippen LogP contribution in [0, 0.1) is 0 Å². The summed E-state index contributed by atoms with van der Waals surface area (Å²) in [5.41, 5.74) is 0. The van der Waals surface area contributed by atoms with Crippen LogP contribution >= 0.6 is 0 Å². The van der Waals surface area contributed by atoms with Gasteiger partial charge in [0.25, 0.3) is 0 Å². The van der Waals surface area contributed by atoms with Crippen LogP contribution in [0.25, 0.3) is 0 Å². The van der Waals surface area contributed by atoms with Crippen LogP contribution in [-0.2, 0) is 21.6 Å². The van der Waals surface area contributed by atoms with Gasteiger partial charge in [-0.1, -0.05) is 13.8 Å². The molecule has 0 aromatic carbocycles. The molecule has 0 aliphatic carbocycles. The molecule has 0 saturated carbocycles. The second kappa shape index (κ2) is 5.89. The van der Waals surface area contributed by atoms with E-state index < -0.39 is 21.6 Å². The molecular formula is C7H16O2S2. The molecule has 1 heterocycles. The van der Waals surface area contributed by atoms with Gasteiger partial charge in [-0.2, -0.15) is 0 Å². The van der Waals surface area contributed by atoms with Gasteiger partial charge in [0.15, 0.2) is 0 Å². The SMILES string of the molecule is CC.CC1CS(=O)CCS1=O. The highest BCUT2D eigenvalue weighted by molar-refractivity contribution is 7.92. The molecule has 3 unspecified atom stereocenters. The molecule has 0 spiro atoms. The lowest BCUT2D eigenvalue weighted by molar-refractivity contribution is 0.665. The van der Waals surface area contributed by atoms with Gasteiger partial charge in [0.05, 0.1) is 0 Å². The van der Waals surface area contributed by atoms with E-state index in [1.165, 1.54) is 0 Å². The minimum Gasteiger partial charge on any atom is -0.260 e. The molecule has 1 fully saturated rings. The van der Waals surface area contributed by atoms with E-state index in [9.17, 15) is 8.42 Å². The lowest BCUT2D eigenvalue weighted by atomic mass is 10.6. The Hall–Kier alpha value is 0.300. The van der Waals surface area contributed by atoms with Crippen LogP contribution in [0.3, 0.4) is 0 Å². The quantitative estimate of drug-likeness (QED) is 0.577. The van der Waals surface area contributed by atoms with E-state index >= 15 is 0 Å². The lowest BCUT2D eigenvalue weighted by Crippen LogP contribution is -2.30. The fraction of sp³-hybridized carbons (Fsp3) is 1.00. The van der Waals surface area contributed by atoms with Crippen LogP contribution in [0.1, 0.15) is 20.8 Å².